The molecule has 7 heteroatoms. The van der Waals surface area contributed by atoms with Crippen LogP contribution >= 0.6 is 23.5 Å². The van der Waals surface area contributed by atoms with E-state index in [1.165, 1.54) is 26.5 Å². The Morgan fingerprint density at radius 1 is 1.25 bits per heavy atom. The predicted octanol–water partition coefficient (Wildman–Crippen LogP) is 4.85. The van der Waals surface area contributed by atoms with E-state index in [1.807, 2.05) is 24.0 Å². The molecular formula is C25H31N3O2S2. The second-order valence-corrected chi connectivity index (χ2v) is 9.57. The van der Waals surface area contributed by atoms with Crippen molar-refractivity contribution in [1.82, 2.24) is 4.90 Å². The van der Waals surface area contributed by atoms with Crippen molar-refractivity contribution in [2.24, 2.45) is 4.99 Å². The molecule has 32 heavy (non-hydrogen) atoms. The first-order chi connectivity index (χ1) is 15.7. The van der Waals surface area contributed by atoms with Gasteiger partial charge in [0.1, 0.15) is 0 Å². The Kier molecular flexibility index (Phi) is 9.87. The van der Waals surface area contributed by atoms with Crippen molar-refractivity contribution < 1.29 is 9.53 Å². The van der Waals surface area contributed by atoms with Crippen LogP contribution < -0.4 is 4.90 Å². The minimum Gasteiger partial charge on any atom is -0.383 e. The Hall–Kier alpha value is -2.06. The number of hydrogen-bond donors (Lipinski definition) is 0. The number of nitrogens with zero attached hydrogens (tertiary/aromatic N) is 3. The summed E-state index contributed by atoms with van der Waals surface area (Å²) in [5, 5.41) is 0. The van der Waals surface area contributed by atoms with E-state index in [0.717, 1.165) is 43.9 Å². The van der Waals surface area contributed by atoms with E-state index in [2.05, 4.69) is 59.3 Å². The standard InChI is InChI=1S/C25H31N3O2S2/c1-26-16-25(14-20-4-8-24(31-3)9-5-20)32-19-27-11-10-21-6-7-23(15-22(21)17-27)28(18-29)12-13-30-2/h4-9,15-16,18H,1,10-14,17,19H2,2-3H3/b25-16-. The van der Waals surface area contributed by atoms with Gasteiger partial charge in [-0.3, -0.25) is 14.7 Å². The zero-order chi connectivity index (χ0) is 22.8. The molecule has 3 rings (SSSR count). The molecule has 0 spiro atoms. The van der Waals surface area contributed by atoms with E-state index in [4.69, 9.17) is 4.74 Å². The van der Waals surface area contributed by atoms with Crippen LogP contribution in [0.15, 0.2) is 63.5 Å². The minimum atomic E-state index is 0.519. The summed E-state index contributed by atoms with van der Waals surface area (Å²) in [5.74, 6) is 0.898. The van der Waals surface area contributed by atoms with Gasteiger partial charge in [0.2, 0.25) is 6.41 Å². The number of thioether (sulfide) groups is 2. The van der Waals surface area contributed by atoms with Crippen LogP contribution in [0.5, 0.6) is 0 Å². The number of ether oxygens (including phenoxy) is 1. The molecule has 170 valence electrons. The highest BCUT2D eigenvalue weighted by atomic mass is 32.2. The van der Waals surface area contributed by atoms with E-state index in [9.17, 15) is 4.79 Å². The maximum Gasteiger partial charge on any atom is 0.214 e. The molecule has 1 aliphatic rings. The lowest BCUT2D eigenvalue weighted by molar-refractivity contribution is -0.107. The normalized spacial score (nSPS) is 14.1. The van der Waals surface area contributed by atoms with Gasteiger partial charge in [-0.2, -0.15) is 0 Å². The van der Waals surface area contributed by atoms with Gasteiger partial charge < -0.3 is 9.64 Å². The fourth-order valence-electron chi connectivity index (χ4n) is 3.68. The number of methoxy groups -OCH3 is 1. The van der Waals surface area contributed by atoms with Gasteiger partial charge in [-0.1, -0.05) is 18.2 Å². The third kappa shape index (κ3) is 6.97. The molecule has 0 bridgehead atoms. The van der Waals surface area contributed by atoms with E-state index in [-0.39, 0.29) is 0 Å². The molecule has 1 aliphatic heterocycles. The molecule has 2 aromatic rings. The van der Waals surface area contributed by atoms with Crippen molar-refractivity contribution in [2.75, 3.05) is 43.8 Å². The number of fused-ring (bicyclic) bond motifs is 1. The smallest absolute Gasteiger partial charge is 0.214 e. The molecule has 0 saturated heterocycles. The van der Waals surface area contributed by atoms with Crippen molar-refractivity contribution in [3.05, 3.63) is 70.3 Å². The first kappa shape index (κ1) is 24.6. The summed E-state index contributed by atoms with van der Waals surface area (Å²) in [6.45, 7) is 6.63. The van der Waals surface area contributed by atoms with E-state index in [0.29, 0.717) is 13.2 Å². The molecule has 0 unspecified atom stereocenters. The Labute approximate surface area is 199 Å². The molecule has 0 atom stereocenters. The lowest BCUT2D eigenvalue weighted by Crippen LogP contribution is -2.31. The summed E-state index contributed by atoms with van der Waals surface area (Å²) in [4.78, 5) is 22.2. The number of aliphatic imine (C=N–C) groups is 1. The molecule has 0 N–H and O–H groups in total. The van der Waals surface area contributed by atoms with E-state index in [1.54, 1.807) is 23.8 Å². The van der Waals surface area contributed by atoms with Crippen LogP contribution in [0.2, 0.25) is 0 Å². The van der Waals surface area contributed by atoms with Crippen LogP contribution in [-0.4, -0.2) is 57.0 Å². The summed E-state index contributed by atoms with van der Waals surface area (Å²) in [6, 6.07) is 15.0. The van der Waals surface area contributed by atoms with Crippen molar-refractivity contribution in [1.29, 1.82) is 0 Å². The van der Waals surface area contributed by atoms with Crippen molar-refractivity contribution in [3.63, 3.8) is 0 Å². The molecule has 0 aliphatic carbocycles. The largest absolute Gasteiger partial charge is 0.383 e. The third-order valence-corrected chi connectivity index (χ3v) is 7.34. The van der Waals surface area contributed by atoms with Crippen LogP contribution in [0.3, 0.4) is 0 Å². The van der Waals surface area contributed by atoms with Gasteiger partial charge in [-0.05, 0) is 60.3 Å². The quantitative estimate of drug-likeness (QED) is 0.253. The topological polar surface area (TPSA) is 45.1 Å². The lowest BCUT2D eigenvalue weighted by Gasteiger charge is -2.30. The van der Waals surface area contributed by atoms with Crippen LogP contribution in [0.1, 0.15) is 16.7 Å². The maximum absolute atomic E-state index is 11.5. The highest BCUT2D eigenvalue weighted by Gasteiger charge is 2.18. The van der Waals surface area contributed by atoms with Crippen LogP contribution in [0, 0.1) is 0 Å². The summed E-state index contributed by atoms with van der Waals surface area (Å²) in [7, 11) is 1.65. The minimum absolute atomic E-state index is 0.519. The lowest BCUT2D eigenvalue weighted by atomic mass is 9.99. The number of anilines is 1. The summed E-state index contributed by atoms with van der Waals surface area (Å²) < 4.78 is 5.12. The Morgan fingerprint density at radius 2 is 2.06 bits per heavy atom. The van der Waals surface area contributed by atoms with Gasteiger partial charge in [0.15, 0.2) is 0 Å². The second kappa shape index (κ2) is 12.8. The van der Waals surface area contributed by atoms with Crippen LogP contribution in [0.25, 0.3) is 0 Å². The first-order valence-electron chi connectivity index (χ1n) is 10.6. The monoisotopic (exact) mass is 469 g/mol. The van der Waals surface area contributed by atoms with Crippen molar-refractivity contribution in [3.8, 4) is 0 Å². The molecule has 0 aromatic heterocycles. The van der Waals surface area contributed by atoms with Crippen molar-refractivity contribution in [2.45, 2.75) is 24.3 Å². The van der Waals surface area contributed by atoms with E-state index >= 15 is 0 Å². The predicted molar refractivity (Wildman–Crippen MR) is 138 cm³/mol. The summed E-state index contributed by atoms with van der Waals surface area (Å²) in [5.41, 5.74) is 4.86. The average molecular weight is 470 g/mol. The SMILES string of the molecule is C=N/C=C(/Cc1ccc(SC)cc1)SCN1CCc2ccc(N(C=O)CCOC)cc2C1. The number of allylic oxidation sites excluding steroid dienone is 1. The number of hydrogen-bond acceptors (Lipinski definition) is 6. The Morgan fingerprint density at radius 3 is 2.75 bits per heavy atom. The first-order valence-corrected chi connectivity index (χ1v) is 12.8. The maximum atomic E-state index is 11.5. The van der Waals surface area contributed by atoms with Crippen LogP contribution in [0.4, 0.5) is 5.69 Å². The molecule has 0 saturated carbocycles. The van der Waals surface area contributed by atoms with Gasteiger partial charge in [0.25, 0.3) is 0 Å². The zero-order valence-corrected chi connectivity index (χ0v) is 20.5. The number of rotatable bonds is 12. The van der Waals surface area contributed by atoms with Gasteiger partial charge >= 0.3 is 0 Å². The molecular weight excluding hydrogens is 438 g/mol. The highest BCUT2D eigenvalue weighted by Crippen LogP contribution is 2.28. The molecule has 1 heterocycles. The van der Waals surface area contributed by atoms with Gasteiger partial charge in [-0.25, -0.2) is 0 Å². The number of carbonyl (C=O) groups is 1. The second-order valence-electron chi connectivity index (χ2n) is 7.62. The average Bonchev–Trinajstić information content (AvgIpc) is 2.83. The van der Waals surface area contributed by atoms with Crippen LogP contribution in [-0.2, 0) is 28.9 Å². The molecule has 0 fully saturated rings. The van der Waals surface area contributed by atoms with Gasteiger partial charge in [0.05, 0.1) is 6.61 Å². The van der Waals surface area contributed by atoms with E-state index < -0.39 is 0 Å². The molecule has 0 radical (unpaired) electrons. The fraction of sp³-hybridized carbons (Fsp3) is 0.360. The fourth-order valence-corrected chi connectivity index (χ4v) is 5.07. The Balaban J connectivity index is 1.61. The number of carbonyl (C=O) groups excluding carboxylic acids is 1. The molecule has 2 aromatic carbocycles. The third-order valence-electron chi connectivity index (χ3n) is 5.48. The Bertz CT molecular complexity index is 931. The molecule has 1 amide bonds. The summed E-state index contributed by atoms with van der Waals surface area (Å²) in [6.07, 6.45) is 6.72. The van der Waals surface area contributed by atoms with Gasteiger partial charge in [-0.15, -0.1) is 23.5 Å². The van der Waals surface area contributed by atoms with Crippen molar-refractivity contribution >= 4 is 42.3 Å². The highest BCUT2D eigenvalue weighted by molar-refractivity contribution is 8.03. The number of benzene rings is 2. The molecule has 5 nitrogen and oxygen atoms in total. The zero-order valence-electron chi connectivity index (χ0n) is 18.8. The number of amides is 1. The van der Waals surface area contributed by atoms with Gasteiger partial charge in [0, 0.05) is 60.7 Å². The summed E-state index contributed by atoms with van der Waals surface area (Å²) >= 11 is 3.58.